The molecular formula is C22H30ClIN4O3. The van der Waals surface area contributed by atoms with Crippen molar-refractivity contribution in [2.75, 3.05) is 26.2 Å². The van der Waals surface area contributed by atoms with Crippen LogP contribution in [0.4, 0.5) is 4.79 Å². The van der Waals surface area contributed by atoms with Crippen molar-refractivity contribution in [1.29, 1.82) is 0 Å². The number of hydrogen-bond donors (Lipinski definition) is 2. The fraction of sp³-hybridized carbons (Fsp3) is 0.455. The zero-order valence-electron chi connectivity index (χ0n) is 17.7. The molecule has 170 valence electrons. The highest BCUT2D eigenvalue weighted by molar-refractivity contribution is 14.0. The Kier molecular flexibility index (Phi) is 11.0. The van der Waals surface area contributed by atoms with E-state index in [1.54, 1.807) is 11.2 Å². The largest absolute Gasteiger partial charge is 0.469 e. The summed E-state index contributed by atoms with van der Waals surface area (Å²) < 4.78 is 10.5. The van der Waals surface area contributed by atoms with E-state index in [0.717, 1.165) is 36.5 Å². The molecule has 2 heterocycles. The van der Waals surface area contributed by atoms with Gasteiger partial charge < -0.3 is 24.7 Å². The molecule has 7 nitrogen and oxygen atoms in total. The second-order valence-electron chi connectivity index (χ2n) is 7.16. The Hall–Kier alpha value is -1.94. The number of aliphatic imine (C=N–C) groups is 1. The topological polar surface area (TPSA) is 79.1 Å². The maximum Gasteiger partial charge on any atom is 0.409 e. The fourth-order valence-electron chi connectivity index (χ4n) is 3.33. The number of hydrogen-bond acceptors (Lipinski definition) is 4. The van der Waals surface area contributed by atoms with Gasteiger partial charge in [-0.05, 0) is 49.6 Å². The van der Waals surface area contributed by atoms with Crippen molar-refractivity contribution in [1.82, 2.24) is 15.5 Å². The number of rotatable bonds is 7. The molecule has 3 rings (SSSR count). The molecule has 0 saturated carbocycles. The van der Waals surface area contributed by atoms with Crippen molar-refractivity contribution in [3.05, 3.63) is 59.0 Å². The Morgan fingerprint density at radius 2 is 2.10 bits per heavy atom. The SMILES string of the molecule is CCOC(=O)N1CCC(NC(=NCc2cccc(Cl)c2)NCCc2ccco2)CC1.I. The van der Waals surface area contributed by atoms with Gasteiger partial charge in [-0.2, -0.15) is 0 Å². The van der Waals surface area contributed by atoms with E-state index < -0.39 is 0 Å². The lowest BCUT2D eigenvalue weighted by Gasteiger charge is -2.32. The standard InChI is InChI=1S/C22H29ClN4O3.HI/c1-2-29-22(28)27-12-9-19(10-13-27)26-21(24-11-8-20-7-4-14-30-20)25-16-17-5-3-6-18(23)15-17;/h3-7,14-15,19H,2,8-13,16H2,1H3,(H2,24,25,26);1H. The number of nitrogens with one attached hydrogen (secondary N) is 2. The van der Waals surface area contributed by atoms with Crippen LogP contribution in [0.1, 0.15) is 31.1 Å². The third-order valence-corrected chi connectivity index (χ3v) is 5.15. The van der Waals surface area contributed by atoms with E-state index in [2.05, 4.69) is 10.6 Å². The number of piperidine rings is 1. The normalized spacial score (nSPS) is 14.6. The Bertz CT molecular complexity index is 824. The van der Waals surface area contributed by atoms with Crippen LogP contribution >= 0.6 is 35.6 Å². The van der Waals surface area contributed by atoms with Crippen LogP contribution < -0.4 is 10.6 Å². The van der Waals surface area contributed by atoms with Gasteiger partial charge in [0.05, 0.1) is 19.4 Å². The van der Waals surface area contributed by atoms with Crippen LogP contribution in [0.5, 0.6) is 0 Å². The zero-order valence-corrected chi connectivity index (χ0v) is 20.8. The predicted molar refractivity (Wildman–Crippen MR) is 133 cm³/mol. The quantitative estimate of drug-likeness (QED) is 0.297. The summed E-state index contributed by atoms with van der Waals surface area (Å²) in [5, 5.41) is 7.60. The van der Waals surface area contributed by atoms with Gasteiger partial charge in [0, 0.05) is 37.1 Å². The molecule has 1 aliphatic rings. The van der Waals surface area contributed by atoms with Crippen molar-refractivity contribution >= 4 is 47.6 Å². The third kappa shape index (κ3) is 8.60. The molecule has 0 unspecified atom stereocenters. The van der Waals surface area contributed by atoms with Crippen molar-refractivity contribution in [2.45, 2.75) is 38.8 Å². The number of likely N-dealkylation sites (tertiary alicyclic amines) is 1. The fourth-order valence-corrected chi connectivity index (χ4v) is 3.54. The number of furan rings is 1. The van der Waals surface area contributed by atoms with Gasteiger partial charge in [0.1, 0.15) is 5.76 Å². The summed E-state index contributed by atoms with van der Waals surface area (Å²) in [6, 6.07) is 11.8. The smallest absolute Gasteiger partial charge is 0.409 e. The zero-order chi connectivity index (χ0) is 21.2. The van der Waals surface area contributed by atoms with Gasteiger partial charge >= 0.3 is 6.09 Å². The van der Waals surface area contributed by atoms with Gasteiger partial charge in [0.25, 0.3) is 0 Å². The summed E-state index contributed by atoms with van der Waals surface area (Å²) in [4.78, 5) is 18.4. The van der Waals surface area contributed by atoms with E-state index in [1.165, 1.54) is 0 Å². The third-order valence-electron chi connectivity index (χ3n) is 4.91. The van der Waals surface area contributed by atoms with Crippen LogP contribution in [0.2, 0.25) is 5.02 Å². The number of halogens is 2. The Morgan fingerprint density at radius 1 is 1.29 bits per heavy atom. The van der Waals surface area contributed by atoms with Crippen LogP contribution in [-0.4, -0.2) is 49.2 Å². The van der Waals surface area contributed by atoms with Crippen LogP contribution in [0, 0.1) is 0 Å². The van der Waals surface area contributed by atoms with E-state index in [-0.39, 0.29) is 36.1 Å². The van der Waals surface area contributed by atoms with Crippen molar-refractivity contribution in [3.8, 4) is 0 Å². The molecular weight excluding hydrogens is 531 g/mol. The number of carbonyl (C=O) groups is 1. The first kappa shape index (κ1) is 25.3. The number of carbonyl (C=O) groups excluding carboxylic acids is 1. The maximum absolute atomic E-state index is 11.9. The molecule has 1 fully saturated rings. The lowest BCUT2D eigenvalue weighted by Crippen LogP contribution is -2.50. The highest BCUT2D eigenvalue weighted by atomic mass is 127. The molecule has 1 aliphatic heterocycles. The van der Waals surface area contributed by atoms with E-state index in [4.69, 9.17) is 25.7 Å². The molecule has 0 atom stereocenters. The second kappa shape index (κ2) is 13.5. The van der Waals surface area contributed by atoms with Crippen molar-refractivity contribution < 1.29 is 13.9 Å². The lowest BCUT2D eigenvalue weighted by atomic mass is 10.1. The van der Waals surface area contributed by atoms with Gasteiger partial charge in [0.15, 0.2) is 5.96 Å². The summed E-state index contributed by atoms with van der Waals surface area (Å²) >= 11 is 6.09. The summed E-state index contributed by atoms with van der Waals surface area (Å²) in [5.41, 5.74) is 1.05. The molecule has 0 radical (unpaired) electrons. The molecule has 1 aromatic carbocycles. The molecule has 1 amide bonds. The lowest BCUT2D eigenvalue weighted by molar-refractivity contribution is 0.0963. The molecule has 1 aromatic heterocycles. The summed E-state index contributed by atoms with van der Waals surface area (Å²) in [6.45, 7) is 4.80. The van der Waals surface area contributed by atoms with Gasteiger partial charge in [-0.1, -0.05) is 23.7 Å². The number of ether oxygens (including phenoxy) is 1. The number of guanidine groups is 1. The summed E-state index contributed by atoms with van der Waals surface area (Å²) in [7, 11) is 0. The highest BCUT2D eigenvalue weighted by Gasteiger charge is 2.24. The highest BCUT2D eigenvalue weighted by Crippen LogP contribution is 2.13. The first-order chi connectivity index (χ1) is 14.6. The summed E-state index contributed by atoms with van der Waals surface area (Å²) in [6.07, 6.45) is 3.90. The van der Waals surface area contributed by atoms with Gasteiger partial charge in [-0.3, -0.25) is 0 Å². The Morgan fingerprint density at radius 3 is 2.77 bits per heavy atom. The average Bonchev–Trinajstić information content (AvgIpc) is 3.26. The first-order valence-corrected chi connectivity index (χ1v) is 10.7. The van der Waals surface area contributed by atoms with Crippen LogP contribution in [0.25, 0.3) is 0 Å². The van der Waals surface area contributed by atoms with Crippen molar-refractivity contribution in [3.63, 3.8) is 0 Å². The predicted octanol–water partition coefficient (Wildman–Crippen LogP) is 4.45. The van der Waals surface area contributed by atoms with E-state index >= 15 is 0 Å². The average molecular weight is 561 g/mol. The van der Waals surface area contributed by atoms with Crippen molar-refractivity contribution in [2.24, 2.45) is 4.99 Å². The minimum absolute atomic E-state index is 0. The monoisotopic (exact) mass is 560 g/mol. The molecule has 2 aromatic rings. The van der Waals surface area contributed by atoms with Crippen LogP contribution in [-0.2, 0) is 17.7 Å². The summed E-state index contributed by atoms with van der Waals surface area (Å²) in [5.74, 6) is 1.68. The first-order valence-electron chi connectivity index (χ1n) is 10.4. The van der Waals surface area contributed by atoms with Gasteiger partial charge in [-0.15, -0.1) is 24.0 Å². The van der Waals surface area contributed by atoms with E-state index in [1.807, 2.05) is 43.3 Å². The minimum Gasteiger partial charge on any atom is -0.469 e. The minimum atomic E-state index is -0.234. The Labute approximate surface area is 205 Å². The van der Waals surface area contributed by atoms with Crippen LogP contribution in [0.15, 0.2) is 52.1 Å². The van der Waals surface area contributed by atoms with E-state index in [9.17, 15) is 4.79 Å². The molecule has 9 heteroatoms. The second-order valence-corrected chi connectivity index (χ2v) is 7.59. The molecule has 0 bridgehead atoms. The van der Waals surface area contributed by atoms with Gasteiger partial charge in [0.2, 0.25) is 0 Å². The van der Waals surface area contributed by atoms with Gasteiger partial charge in [-0.25, -0.2) is 9.79 Å². The van der Waals surface area contributed by atoms with Crippen LogP contribution in [0.3, 0.4) is 0 Å². The number of nitrogens with zero attached hydrogens (tertiary/aromatic N) is 2. The maximum atomic E-state index is 11.9. The number of amides is 1. The molecule has 2 N–H and O–H groups in total. The molecule has 0 aliphatic carbocycles. The Balaban J connectivity index is 0.00000341. The molecule has 0 spiro atoms. The van der Waals surface area contributed by atoms with E-state index in [0.29, 0.717) is 37.8 Å². The number of benzene rings is 1. The molecule has 1 saturated heterocycles. The molecule has 31 heavy (non-hydrogen) atoms.